The van der Waals surface area contributed by atoms with Gasteiger partial charge in [0.25, 0.3) is 10.0 Å². The van der Waals surface area contributed by atoms with E-state index in [1.54, 1.807) is 62.8 Å². The summed E-state index contributed by atoms with van der Waals surface area (Å²) >= 11 is 0. The zero-order valence-electron chi connectivity index (χ0n) is 19.3. The van der Waals surface area contributed by atoms with Crippen LogP contribution in [-0.2, 0) is 14.8 Å². The molecule has 0 spiro atoms. The van der Waals surface area contributed by atoms with Gasteiger partial charge >= 0.3 is 0 Å². The molecule has 2 fully saturated rings. The molecule has 178 valence electrons. The number of sulfonamides is 1. The Kier molecular flexibility index (Phi) is 7.24. The van der Waals surface area contributed by atoms with E-state index in [9.17, 15) is 13.2 Å². The second-order valence-corrected chi connectivity index (χ2v) is 10.5. The number of Topliss-reactive ketones (excluding diaryl/α,β-unsaturated/α-hetero) is 1. The lowest BCUT2D eigenvalue weighted by atomic mass is 9.91. The Labute approximate surface area is 196 Å². The van der Waals surface area contributed by atoms with Crippen LogP contribution in [0.3, 0.4) is 0 Å². The monoisotopic (exact) mass is 472 g/mol. The lowest BCUT2D eigenvalue weighted by molar-refractivity contribution is -0.126. The van der Waals surface area contributed by atoms with Gasteiger partial charge in [-0.05, 0) is 62.1 Å². The van der Waals surface area contributed by atoms with Crippen LogP contribution < -0.4 is 13.8 Å². The van der Waals surface area contributed by atoms with Crippen LogP contribution in [0.15, 0.2) is 53.4 Å². The number of ketones is 1. The quantitative estimate of drug-likeness (QED) is 0.609. The molecule has 1 atom stereocenters. The van der Waals surface area contributed by atoms with Crippen molar-refractivity contribution in [3.8, 4) is 11.5 Å². The summed E-state index contributed by atoms with van der Waals surface area (Å²) < 4.78 is 39.8. The van der Waals surface area contributed by atoms with Crippen molar-refractivity contribution in [1.29, 1.82) is 0 Å². The van der Waals surface area contributed by atoms with E-state index in [1.807, 2.05) is 0 Å². The fourth-order valence-electron chi connectivity index (χ4n) is 4.94. The highest BCUT2D eigenvalue weighted by atomic mass is 32.2. The van der Waals surface area contributed by atoms with Crippen molar-refractivity contribution < 1.29 is 22.7 Å². The molecular formula is C25H32N2O5S. The summed E-state index contributed by atoms with van der Waals surface area (Å²) in [7, 11) is -0.697. The highest BCUT2D eigenvalue weighted by Gasteiger charge is 2.37. The minimum absolute atomic E-state index is 0.0110. The molecule has 0 amide bonds. The number of hydrogen-bond acceptors (Lipinski definition) is 6. The molecular weight excluding hydrogens is 440 g/mol. The van der Waals surface area contributed by atoms with E-state index in [1.165, 1.54) is 4.31 Å². The van der Waals surface area contributed by atoms with Gasteiger partial charge in [-0.2, -0.15) is 0 Å². The molecule has 2 aromatic carbocycles. The first-order chi connectivity index (χ1) is 15.9. The van der Waals surface area contributed by atoms with Gasteiger partial charge < -0.3 is 9.47 Å². The summed E-state index contributed by atoms with van der Waals surface area (Å²) in [5.41, 5.74) is 0.581. The number of likely N-dealkylation sites (tertiary alicyclic amines) is 1. The molecule has 2 aliphatic rings. The van der Waals surface area contributed by atoms with E-state index in [2.05, 4.69) is 4.90 Å². The highest BCUT2D eigenvalue weighted by molar-refractivity contribution is 7.92. The number of ether oxygens (including phenoxy) is 2. The Balaban J connectivity index is 1.63. The van der Waals surface area contributed by atoms with Crippen molar-refractivity contribution in [3.05, 3.63) is 48.5 Å². The van der Waals surface area contributed by atoms with E-state index in [-0.39, 0.29) is 17.0 Å². The number of methoxy groups -OCH3 is 2. The van der Waals surface area contributed by atoms with Crippen molar-refractivity contribution in [2.24, 2.45) is 0 Å². The van der Waals surface area contributed by atoms with Gasteiger partial charge in [-0.15, -0.1) is 0 Å². The Hall–Kier alpha value is -2.58. The maximum absolute atomic E-state index is 13.8. The summed E-state index contributed by atoms with van der Waals surface area (Å²) in [4.78, 5) is 14.9. The molecule has 1 aliphatic heterocycles. The number of carbonyl (C=O) groups is 1. The van der Waals surface area contributed by atoms with Gasteiger partial charge in [-0.1, -0.05) is 12.5 Å². The number of hydrogen-bond donors (Lipinski definition) is 0. The van der Waals surface area contributed by atoms with Crippen LogP contribution in [0.25, 0.3) is 0 Å². The molecule has 8 heteroatoms. The van der Waals surface area contributed by atoms with Crippen LogP contribution in [0.2, 0.25) is 0 Å². The molecule has 1 unspecified atom stereocenters. The first-order valence-electron chi connectivity index (χ1n) is 11.5. The number of piperidine rings is 1. The molecule has 0 radical (unpaired) electrons. The van der Waals surface area contributed by atoms with Gasteiger partial charge in [0.1, 0.15) is 17.3 Å². The molecule has 2 aromatic rings. The largest absolute Gasteiger partial charge is 0.497 e. The Morgan fingerprint density at radius 2 is 1.61 bits per heavy atom. The average molecular weight is 473 g/mol. The maximum Gasteiger partial charge on any atom is 0.264 e. The van der Waals surface area contributed by atoms with Crippen LogP contribution in [0.1, 0.15) is 38.5 Å². The molecule has 7 nitrogen and oxygen atoms in total. The third-order valence-corrected chi connectivity index (χ3v) is 8.61. The molecule has 1 aliphatic carbocycles. The minimum Gasteiger partial charge on any atom is -0.497 e. The van der Waals surface area contributed by atoms with Crippen molar-refractivity contribution in [2.75, 3.05) is 31.6 Å². The molecule has 1 heterocycles. The van der Waals surface area contributed by atoms with Gasteiger partial charge in [-0.3, -0.25) is 14.0 Å². The molecule has 4 rings (SSSR count). The molecule has 0 N–H and O–H groups in total. The van der Waals surface area contributed by atoms with E-state index in [4.69, 9.17) is 9.47 Å². The van der Waals surface area contributed by atoms with E-state index >= 15 is 0 Å². The Bertz CT molecular complexity index is 1060. The van der Waals surface area contributed by atoms with Gasteiger partial charge in [-0.25, -0.2) is 8.42 Å². The third kappa shape index (κ3) is 5.01. The predicted octanol–water partition coefficient (Wildman–Crippen LogP) is 3.88. The summed E-state index contributed by atoms with van der Waals surface area (Å²) in [5.74, 6) is 1.54. The second-order valence-electron chi connectivity index (χ2n) is 8.67. The Morgan fingerprint density at radius 1 is 0.909 bits per heavy atom. The fraction of sp³-hybridized carbons (Fsp3) is 0.480. The molecule has 1 saturated carbocycles. The van der Waals surface area contributed by atoms with Crippen LogP contribution in [0, 0.1) is 0 Å². The molecule has 0 aromatic heterocycles. The summed E-state index contributed by atoms with van der Waals surface area (Å²) in [6.07, 6.45) is 4.96. The van der Waals surface area contributed by atoms with Gasteiger partial charge in [0.05, 0.1) is 30.8 Å². The normalized spacial score (nSPS) is 20.4. The number of carbonyl (C=O) groups excluding carboxylic acids is 1. The lowest BCUT2D eigenvalue weighted by Gasteiger charge is -2.42. The summed E-state index contributed by atoms with van der Waals surface area (Å²) in [6.45, 7) is 1.42. The molecule has 0 bridgehead atoms. The van der Waals surface area contributed by atoms with Crippen LogP contribution in [0.4, 0.5) is 5.69 Å². The smallest absolute Gasteiger partial charge is 0.264 e. The van der Waals surface area contributed by atoms with Crippen molar-refractivity contribution >= 4 is 21.5 Å². The fourth-order valence-corrected chi connectivity index (χ4v) is 6.64. The number of benzene rings is 2. The maximum atomic E-state index is 13.8. The van der Waals surface area contributed by atoms with E-state index < -0.39 is 10.0 Å². The first-order valence-corrected chi connectivity index (χ1v) is 13.0. The zero-order valence-corrected chi connectivity index (χ0v) is 20.1. The van der Waals surface area contributed by atoms with Crippen LogP contribution >= 0.6 is 0 Å². The van der Waals surface area contributed by atoms with E-state index in [0.717, 1.165) is 19.3 Å². The first kappa shape index (κ1) is 23.6. The van der Waals surface area contributed by atoms with Crippen LogP contribution in [-0.4, -0.2) is 58.5 Å². The summed E-state index contributed by atoms with van der Waals surface area (Å²) in [6, 6.07) is 13.4. The number of nitrogens with zero attached hydrogens (tertiary/aromatic N) is 2. The van der Waals surface area contributed by atoms with Crippen molar-refractivity contribution in [3.63, 3.8) is 0 Å². The third-order valence-electron chi connectivity index (χ3n) is 6.72. The van der Waals surface area contributed by atoms with Gasteiger partial charge in [0, 0.05) is 31.6 Å². The van der Waals surface area contributed by atoms with E-state index in [0.29, 0.717) is 55.3 Å². The molecule has 1 saturated heterocycles. The predicted molar refractivity (Wildman–Crippen MR) is 128 cm³/mol. The topological polar surface area (TPSA) is 76.2 Å². The van der Waals surface area contributed by atoms with Crippen molar-refractivity contribution in [2.45, 2.75) is 55.5 Å². The molecule has 33 heavy (non-hydrogen) atoms. The lowest BCUT2D eigenvalue weighted by Crippen LogP contribution is -2.52. The Morgan fingerprint density at radius 3 is 2.24 bits per heavy atom. The summed E-state index contributed by atoms with van der Waals surface area (Å²) in [5, 5.41) is 0. The SMILES string of the molecule is COc1ccc(S(=O)(=O)N(c2cccc(OC)c2)C2CCN(C3CCCCC3=O)CC2)cc1. The average Bonchev–Trinajstić information content (AvgIpc) is 2.85. The number of anilines is 1. The standard InChI is InChI=1S/C25H32N2O5S/c1-31-21-10-12-23(13-11-21)33(29,30)27(20-6-5-7-22(18-20)32-2)19-14-16-26(17-15-19)24-8-3-4-9-25(24)28/h5-7,10-13,18-19,24H,3-4,8-9,14-17H2,1-2H3. The van der Waals surface area contributed by atoms with Crippen molar-refractivity contribution in [1.82, 2.24) is 4.90 Å². The minimum atomic E-state index is -3.82. The van der Waals surface area contributed by atoms with Gasteiger partial charge in [0.2, 0.25) is 0 Å². The van der Waals surface area contributed by atoms with Crippen LogP contribution in [0.5, 0.6) is 11.5 Å². The zero-order chi connectivity index (χ0) is 23.4. The highest BCUT2D eigenvalue weighted by Crippen LogP contribution is 2.34. The van der Waals surface area contributed by atoms with Gasteiger partial charge in [0.15, 0.2) is 0 Å². The second kappa shape index (κ2) is 10.1. The number of rotatable bonds is 7.